The lowest BCUT2D eigenvalue weighted by molar-refractivity contribution is -0.384. The van der Waals surface area contributed by atoms with Gasteiger partial charge in [-0.1, -0.05) is 11.2 Å². The number of benzene rings is 1. The molecular weight excluding hydrogens is 290 g/mol. The number of nitro groups is 1. The highest BCUT2D eigenvalue weighted by atomic mass is 79.9. The van der Waals surface area contributed by atoms with Crippen molar-refractivity contribution >= 4 is 27.4 Å². The van der Waals surface area contributed by atoms with Gasteiger partial charge < -0.3 is 10.3 Å². The molecule has 0 fully saturated rings. The molecule has 0 bridgehead atoms. The molecule has 1 heterocycles. The second kappa shape index (κ2) is 4.17. The van der Waals surface area contributed by atoms with Crippen LogP contribution in [0.2, 0.25) is 0 Å². The largest absolute Gasteiger partial charge is 0.380 e. The van der Waals surface area contributed by atoms with Crippen molar-refractivity contribution < 1.29 is 9.45 Å². The number of anilines is 1. The van der Waals surface area contributed by atoms with Crippen LogP contribution in [0, 0.1) is 17.0 Å². The Balaban J connectivity index is 2.69. The summed E-state index contributed by atoms with van der Waals surface area (Å²) in [6, 6.07) is 4.74. The fourth-order valence-corrected chi connectivity index (χ4v) is 1.81. The second-order valence-corrected chi connectivity index (χ2v) is 4.28. The third-order valence-electron chi connectivity index (χ3n) is 2.25. The van der Waals surface area contributed by atoms with E-state index in [1.807, 2.05) is 6.92 Å². The summed E-state index contributed by atoms with van der Waals surface area (Å²) in [7, 11) is 0. The number of aromatic nitrogens is 1. The van der Waals surface area contributed by atoms with Crippen molar-refractivity contribution in [3.63, 3.8) is 0 Å². The lowest BCUT2D eigenvalue weighted by Crippen LogP contribution is -1.92. The van der Waals surface area contributed by atoms with E-state index in [9.17, 15) is 10.1 Å². The number of rotatable bonds is 2. The summed E-state index contributed by atoms with van der Waals surface area (Å²) in [5, 5.41) is 14.5. The molecule has 1 aromatic carbocycles. The van der Waals surface area contributed by atoms with Gasteiger partial charge in [0.15, 0.2) is 11.6 Å². The van der Waals surface area contributed by atoms with Crippen molar-refractivity contribution in [2.45, 2.75) is 6.92 Å². The van der Waals surface area contributed by atoms with E-state index in [1.54, 1.807) is 12.1 Å². The molecule has 0 saturated heterocycles. The fraction of sp³-hybridized carbons (Fsp3) is 0.100. The lowest BCUT2D eigenvalue weighted by atomic mass is 10.1. The normalized spacial score (nSPS) is 10.5. The zero-order valence-corrected chi connectivity index (χ0v) is 10.4. The van der Waals surface area contributed by atoms with E-state index in [0.29, 0.717) is 10.0 Å². The number of nitrogens with two attached hydrogens (primary N) is 1. The number of nitrogens with zero attached hydrogens (tertiary/aromatic N) is 2. The van der Waals surface area contributed by atoms with Gasteiger partial charge in [-0.05, 0) is 34.5 Å². The zero-order chi connectivity index (χ0) is 12.6. The summed E-state index contributed by atoms with van der Waals surface area (Å²) in [4.78, 5) is 10.4. The number of hydrogen-bond donors (Lipinski definition) is 1. The van der Waals surface area contributed by atoms with Crippen LogP contribution >= 0.6 is 15.9 Å². The van der Waals surface area contributed by atoms with Gasteiger partial charge in [-0.15, -0.1) is 0 Å². The van der Waals surface area contributed by atoms with Crippen LogP contribution in [0.3, 0.4) is 0 Å². The van der Waals surface area contributed by atoms with Crippen LogP contribution in [0.4, 0.5) is 11.5 Å². The Morgan fingerprint density at radius 1 is 1.53 bits per heavy atom. The molecule has 0 unspecified atom stereocenters. The van der Waals surface area contributed by atoms with Crippen molar-refractivity contribution in [2.75, 3.05) is 5.73 Å². The number of aryl methyl sites for hydroxylation is 1. The Kier molecular flexibility index (Phi) is 2.84. The van der Waals surface area contributed by atoms with E-state index in [0.717, 1.165) is 5.56 Å². The van der Waals surface area contributed by atoms with Gasteiger partial charge in [-0.25, -0.2) is 0 Å². The molecule has 17 heavy (non-hydrogen) atoms. The van der Waals surface area contributed by atoms with Crippen LogP contribution in [0.15, 0.2) is 27.2 Å². The van der Waals surface area contributed by atoms with Gasteiger partial charge in [0.25, 0.3) is 5.69 Å². The summed E-state index contributed by atoms with van der Waals surface area (Å²) in [5.41, 5.74) is 6.71. The number of hydrogen-bond acceptors (Lipinski definition) is 5. The quantitative estimate of drug-likeness (QED) is 0.679. The van der Waals surface area contributed by atoms with Gasteiger partial charge in [-0.2, -0.15) is 0 Å². The van der Waals surface area contributed by atoms with Crippen molar-refractivity contribution in [2.24, 2.45) is 0 Å². The molecule has 0 spiro atoms. The molecule has 0 aliphatic rings. The maximum Gasteiger partial charge on any atom is 0.280 e. The average molecular weight is 298 g/mol. The number of nitro benzene ring substituents is 1. The molecule has 2 N–H and O–H groups in total. The van der Waals surface area contributed by atoms with Crippen LogP contribution in [0.1, 0.15) is 5.56 Å². The van der Waals surface area contributed by atoms with Crippen molar-refractivity contribution in [1.29, 1.82) is 0 Å². The average Bonchev–Trinajstić information content (AvgIpc) is 2.59. The smallest absolute Gasteiger partial charge is 0.280 e. The first-order chi connectivity index (χ1) is 8.00. The topological polar surface area (TPSA) is 95.2 Å². The van der Waals surface area contributed by atoms with Gasteiger partial charge in [-0.3, -0.25) is 10.1 Å². The van der Waals surface area contributed by atoms with Gasteiger partial charge in [0.1, 0.15) is 4.47 Å². The van der Waals surface area contributed by atoms with Crippen LogP contribution in [-0.4, -0.2) is 10.1 Å². The van der Waals surface area contributed by atoms with Gasteiger partial charge in [0.2, 0.25) is 0 Å². The SMILES string of the molecule is Cc1ccc([N+](=O)[O-])c(-c2onc(N)c2Br)c1. The molecule has 0 saturated carbocycles. The first-order valence-corrected chi connectivity index (χ1v) is 5.46. The molecule has 0 aliphatic heterocycles. The van der Waals surface area contributed by atoms with Crippen LogP contribution in [0.5, 0.6) is 0 Å². The van der Waals surface area contributed by atoms with Crippen molar-refractivity contribution in [3.8, 4) is 11.3 Å². The Morgan fingerprint density at radius 2 is 2.24 bits per heavy atom. The van der Waals surface area contributed by atoms with Crippen LogP contribution < -0.4 is 5.73 Å². The minimum absolute atomic E-state index is 0.0487. The highest BCUT2D eigenvalue weighted by Gasteiger charge is 2.22. The second-order valence-electron chi connectivity index (χ2n) is 3.49. The van der Waals surface area contributed by atoms with E-state index in [-0.39, 0.29) is 17.3 Å². The molecular formula is C10H8BrN3O3. The van der Waals surface area contributed by atoms with E-state index in [2.05, 4.69) is 21.1 Å². The van der Waals surface area contributed by atoms with Crippen LogP contribution in [-0.2, 0) is 0 Å². The third kappa shape index (κ3) is 2.01. The Labute approximate surface area is 105 Å². The number of halogens is 1. The van der Waals surface area contributed by atoms with Crippen LogP contribution in [0.25, 0.3) is 11.3 Å². The molecule has 1 aromatic heterocycles. The first kappa shape index (κ1) is 11.6. The standard InChI is InChI=1S/C10H8BrN3O3/c1-5-2-3-7(14(15)16)6(4-5)9-8(11)10(12)13-17-9/h2-4H,1H3,(H2,12,13). The molecule has 0 radical (unpaired) electrons. The summed E-state index contributed by atoms with van der Waals surface area (Å²) in [5.74, 6) is 0.425. The maximum atomic E-state index is 10.9. The van der Waals surface area contributed by atoms with Crippen molar-refractivity contribution in [1.82, 2.24) is 5.16 Å². The minimum Gasteiger partial charge on any atom is -0.380 e. The Bertz CT molecular complexity index is 594. The summed E-state index contributed by atoms with van der Waals surface area (Å²) in [6.07, 6.45) is 0. The van der Waals surface area contributed by atoms with E-state index in [1.165, 1.54) is 6.07 Å². The zero-order valence-electron chi connectivity index (χ0n) is 8.81. The monoisotopic (exact) mass is 297 g/mol. The van der Waals surface area contributed by atoms with E-state index >= 15 is 0 Å². The molecule has 0 aliphatic carbocycles. The lowest BCUT2D eigenvalue weighted by Gasteiger charge is -2.01. The van der Waals surface area contributed by atoms with Gasteiger partial charge in [0, 0.05) is 6.07 Å². The van der Waals surface area contributed by atoms with Gasteiger partial charge in [0.05, 0.1) is 10.5 Å². The Morgan fingerprint density at radius 3 is 2.76 bits per heavy atom. The van der Waals surface area contributed by atoms with Crippen molar-refractivity contribution in [3.05, 3.63) is 38.3 Å². The molecule has 2 rings (SSSR count). The maximum absolute atomic E-state index is 10.9. The highest BCUT2D eigenvalue weighted by Crippen LogP contribution is 2.37. The first-order valence-electron chi connectivity index (χ1n) is 4.66. The molecule has 0 amide bonds. The summed E-state index contributed by atoms with van der Waals surface area (Å²) < 4.78 is 5.42. The molecule has 88 valence electrons. The fourth-order valence-electron chi connectivity index (χ4n) is 1.45. The summed E-state index contributed by atoms with van der Waals surface area (Å²) >= 11 is 3.19. The van der Waals surface area contributed by atoms with E-state index in [4.69, 9.17) is 10.3 Å². The highest BCUT2D eigenvalue weighted by molar-refractivity contribution is 9.10. The van der Waals surface area contributed by atoms with Gasteiger partial charge >= 0.3 is 0 Å². The molecule has 6 nitrogen and oxygen atoms in total. The van der Waals surface area contributed by atoms with E-state index < -0.39 is 4.92 Å². The minimum atomic E-state index is -0.472. The Hall–Kier alpha value is -1.89. The predicted octanol–water partition coefficient (Wildman–Crippen LogP) is 2.90. The molecule has 0 atom stereocenters. The third-order valence-corrected chi connectivity index (χ3v) is 3.02. The number of nitrogen functional groups attached to an aromatic ring is 1. The molecule has 2 aromatic rings. The molecule has 7 heteroatoms. The predicted molar refractivity (Wildman–Crippen MR) is 65.4 cm³/mol. The summed E-state index contributed by atoms with van der Waals surface area (Å²) in [6.45, 7) is 1.83.